The van der Waals surface area contributed by atoms with Crippen molar-refractivity contribution in [2.75, 3.05) is 7.05 Å². The predicted octanol–water partition coefficient (Wildman–Crippen LogP) is 3.97. The lowest BCUT2D eigenvalue weighted by molar-refractivity contribution is -0.130. The van der Waals surface area contributed by atoms with E-state index in [0.717, 1.165) is 18.3 Å². The fourth-order valence-corrected chi connectivity index (χ4v) is 6.33. The highest BCUT2D eigenvalue weighted by Gasteiger charge is 2.58. The normalized spacial score (nSPS) is 39.0. The Labute approximate surface area is 133 Å². The fourth-order valence-electron chi connectivity index (χ4n) is 6.33. The Kier molecular flexibility index (Phi) is 3.15. The van der Waals surface area contributed by atoms with Crippen LogP contribution < -0.4 is 5.32 Å². The van der Waals surface area contributed by atoms with Crippen LogP contribution in [0.2, 0.25) is 0 Å². The van der Waals surface area contributed by atoms with Gasteiger partial charge in [-0.05, 0) is 73.7 Å². The molecule has 118 valence electrons. The lowest BCUT2D eigenvalue weighted by atomic mass is 9.42. The molecule has 0 aromatic heterocycles. The topological polar surface area (TPSA) is 29.1 Å². The molecule has 0 radical (unpaired) electrons. The van der Waals surface area contributed by atoms with Gasteiger partial charge in [-0.2, -0.15) is 0 Å². The highest BCUT2D eigenvalue weighted by molar-refractivity contribution is 5.76. The number of hydrogen-bond acceptors (Lipinski definition) is 1. The summed E-state index contributed by atoms with van der Waals surface area (Å²) in [5, 5.41) is 2.86. The molecule has 2 nitrogen and oxygen atoms in total. The highest BCUT2D eigenvalue weighted by Crippen LogP contribution is 2.66. The first-order chi connectivity index (χ1) is 10.5. The number of rotatable bonds is 3. The number of carbonyl (C=O) groups excluding carboxylic acids is 1. The van der Waals surface area contributed by atoms with Crippen LogP contribution in [0.25, 0.3) is 0 Å². The quantitative estimate of drug-likeness (QED) is 0.898. The Balaban J connectivity index is 1.69. The van der Waals surface area contributed by atoms with Crippen molar-refractivity contribution in [2.24, 2.45) is 17.3 Å². The maximum atomic E-state index is 12.1. The van der Waals surface area contributed by atoms with E-state index >= 15 is 0 Å². The Morgan fingerprint density at radius 3 is 2.36 bits per heavy atom. The molecule has 4 fully saturated rings. The summed E-state index contributed by atoms with van der Waals surface area (Å²) in [5.41, 5.74) is 3.50. The molecule has 1 amide bonds. The van der Waals surface area contributed by atoms with Gasteiger partial charge in [0.05, 0.1) is 0 Å². The molecule has 0 heterocycles. The van der Waals surface area contributed by atoms with Gasteiger partial charge in [0.15, 0.2) is 0 Å². The minimum atomic E-state index is 0.237. The van der Waals surface area contributed by atoms with Gasteiger partial charge in [0.2, 0.25) is 5.91 Å². The maximum absolute atomic E-state index is 12.1. The van der Waals surface area contributed by atoms with Gasteiger partial charge in [0.1, 0.15) is 0 Å². The van der Waals surface area contributed by atoms with Gasteiger partial charge in [0, 0.05) is 13.5 Å². The molecule has 5 rings (SSSR count). The van der Waals surface area contributed by atoms with Crippen molar-refractivity contribution in [1.82, 2.24) is 5.32 Å². The lowest BCUT2D eigenvalue weighted by Crippen LogP contribution is -2.55. The molecule has 0 spiro atoms. The molecule has 0 saturated heterocycles. The Morgan fingerprint density at radius 2 is 1.77 bits per heavy atom. The molecule has 4 aliphatic carbocycles. The van der Waals surface area contributed by atoms with Gasteiger partial charge in [-0.1, -0.05) is 29.8 Å². The van der Waals surface area contributed by atoms with Crippen LogP contribution in [-0.4, -0.2) is 13.0 Å². The van der Waals surface area contributed by atoms with E-state index in [0.29, 0.717) is 5.41 Å². The molecule has 4 aliphatic rings. The van der Waals surface area contributed by atoms with E-state index < -0.39 is 0 Å². The van der Waals surface area contributed by atoms with Crippen LogP contribution in [0.4, 0.5) is 0 Å². The van der Waals surface area contributed by atoms with Crippen LogP contribution in [-0.2, 0) is 10.2 Å². The van der Waals surface area contributed by atoms with Crippen molar-refractivity contribution in [3.8, 4) is 0 Å². The molecule has 0 aliphatic heterocycles. The summed E-state index contributed by atoms with van der Waals surface area (Å²) in [7, 11) is 1.78. The number of aryl methyl sites for hydroxylation is 1. The molecule has 2 atom stereocenters. The number of nitrogens with one attached hydrogen (secondary N) is 1. The van der Waals surface area contributed by atoms with Crippen LogP contribution in [0.3, 0.4) is 0 Å². The van der Waals surface area contributed by atoms with Gasteiger partial charge in [-0.15, -0.1) is 0 Å². The van der Waals surface area contributed by atoms with Gasteiger partial charge in [0.25, 0.3) is 0 Å². The van der Waals surface area contributed by atoms with Crippen LogP contribution in [0.15, 0.2) is 24.3 Å². The highest BCUT2D eigenvalue weighted by atomic mass is 16.1. The summed E-state index contributed by atoms with van der Waals surface area (Å²) in [6.45, 7) is 2.16. The molecular weight excluding hydrogens is 270 g/mol. The summed E-state index contributed by atoms with van der Waals surface area (Å²) >= 11 is 0. The van der Waals surface area contributed by atoms with Crippen LogP contribution in [0.1, 0.15) is 56.1 Å². The summed E-state index contributed by atoms with van der Waals surface area (Å²) in [4.78, 5) is 12.1. The van der Waals surface area contributed by atoms with E-state index in [1.165, 1.54) is 49.7 Å². The Hall–Kier alpha value is -1.31. The molecule has 1 N–H and O–H groups in total. The first-order valence-electron chi connectivity index (χ1n) is 8.80. The van der Waals surface area contributed by atoms with Gasteiger partial charge in [-0.25, -0.2) is 0 Å². The van der Waals surface area contributed by atoms with E-state index in [9.17, 15) is 4.79 Å². The van der Waals surface area contributed by atoms with Crippen molar-refractivity contribution >= 4 is 5.91 Å². The van der Waals surface area contributed by atoms with E-state index in [2.05, 4.69) is 36.5 Å². The van der Waals surface area contributed by atoms with Gasteiger partial charge < -0.3 is 5.32 Å². The van der Waals surface area contributed by atoms with Crippen LogP contribution >= 0.6 is 0 Å². The smallest absolute Gasteiger partial charge is 0.220 e. The second-order valence-corrected chi connectivity index (χ2v) is 8.46. The Bertz CT molecular complexity index is 574. The summed E-state index contributed by atoms with van der Waals surface area (Å²) in [6, 6.07) is 9.24. The summed E-state index contributed by atoms with van der Waals surface area (Å²) in [5.74, 6) is 1.92. The fraction of sp³-hybridized carbons (Fsp3) is 0.650. The van der Waals surface area contributed by atoms with Crippen molar-refractivity contribution in [1.29, 1.82) is 0 Å². The zero-order valence-corrected chi connectivity index (χ0v) is 13.8. The largest absolute Gasteiger partial charge is 0.359 e. The van der Waals surface area contributed by atoms with E-state index in [-0.39, 0.29) is 11.3 Å². The van der Waals surface area contributed by atoms with E-state index in [4.69, 9.17) is 0 Å². The Morgan fingerprint density at radius 1 is 1.14 bits per heavy atom. The molecule has 1 aromatic carbocycles. The molecule has 1 aromatic rings. The molecule has 0 unspecified atom stereocenters. The molecule has 4 bridgehead atoms. The second kappa shape index (κ2) is 4.84. The number of benzene rings is 1. The average Bonchev–Trinajstić information content (AvgIpc) is 2.45. The molecular formula is C20H27NO. The third-order valence-corrected chi connectivity index (χ3v) is 6.66. The first kappa shape index (κ1) is 14.3. The summed E-state index contributed by atoms with van der Waals surface area (Å²) in [6.07, 6.45) is 8.63. The second-order valence-electron chi connectivity index (χ2n) is 8.46. The first-order valence-corrected chi connectivity index (χ1v) is 8.80. The minimum Gasteiger partial charge on any atom is -0.359 e. The molecule has 22 heavy (non-hydrogen) atoms. The maximum Gasteiger partial charge on any atom is 0.220 e. The van der Waals surface area contributed by atoms with E-state index in [1.54, 1.807) is 7.05 Å². The zero-order valence-electron chi connectivity index (χ0n) is 13.8. The molecule has 4 saturated carbocycles. The van der Waals surface area contributed by atoms with Gasteiger partial charge in [-0.3, -0.25) is 4.79 Å². The van der Waals surface area contributed by atoms with Crippen molar-refractivity contribution in [2.45, 2.75) is 57.3 Å². The minimum absolute atomic E-state index is 0.237. The van der Waals surface area contributed by atoms with Crippen molar-refractivity contribution < 1.29 is 4.79 Å². The van der Waals surface area contributed by atoms with Crippen molar-refractivity contribution in [3.63, 3.8) is 0 Å². The van der Waals surface area contributed by atoms with Crippen LogP contribution in [0, 0.1) is 24.2 Å². The lowest BCUT2D eigenvalue weighted by Gasteiger charge is -2.62. The predicted molar refractivity (Wildman–Crippen MR) is 88.7 cm³/mol. The number of hydrogen-bond donors (Lipinski definition) is 1. The number of amides is 1. The number of carbonyl (C=O) groups is 1. The third kappa shape index (κ3) is 2.19. The summed E-state index contributed by atoms with van der Waals surface area (Å²) < 4.78 is 0. The monoisotopic (exact) mass is 297 g/mol. The SMILES string of the molecule is CNC(=O)CC12C[C@@H]3C[C@@H](C1)CC(c1ccc(C)cc1)(C3)C2. The standard InChI is InChI=1S/C20H27NO/c1-14-3-5-17(6-4-14)20-10-15-7-16(11-20)9-19(8-15,13-20)12-18(22)21-2/h3-6,15-16H,7-13H2,1-2H3,(H,21,22)/t15-,16-,19?,20?/m0/s1. The van der Waals surface area contributed by atoms with Crippen LogP contribution in [0.5, 0.6) is 0 Å². The third-order valence-electron chi connectivity index (χ3n) is 6.66. The van der Waals surface area contributed by atoms with Gasteiger partial charge >= 0.3 is 0 Å². The average molecular weight is 297 g/mol. The van der Waals surface area contributed by atoms with E-state index in [1.807, 2.05) is 0 Å². The van der Waals surface area contributed by atoms with Crippen molar-refractivity contribution in [3.05, 3.63) is 35.4 Å². The zero-order chi connectivity index (χ0) is 15.4. The molecule has 2 heteroatoms.